The van der Waals surface area contributed by atoms with Gasteiger partial charge in [-0.15, -0.1) is 0 Å². The minimum atomic E-state index is -1.48. The van der Waals surface area contributed by atoms with Gasteiger partial charge in [0, 0.05) is 11.1 Å². The van der Waals surface area contributed by atoms with Gasteiger partial charge in [-0.05, 0) is 38.5 Å². The van der Waals surface area contributed by atoms with E-state index in [2.05, 4.69) is 27.7 Å². The van der Waals surface area contributed by atoms with Crippen LogP contribution < -0.4 is 14.2 Å². The maximum absolute atomic E-state index is 11.3. The molecule has 0 aliphatic carbocycles. The number of aromatic hydroxyl groups is 1. The predicted molar refractivity (Wildman–Crippen MR) is 115 cm³/mol. The second kappa shape index (κ2) is 14.0. The highest BCUT2D eigenvalue weighted by atomic mass is 16.7. The summed E-state index contributed by atoms with van der Waals surface area (Å²) in [6, 6.07) is 0. The van der Waals surface area contributed by atoms with E-state index in [1.165, 1.54) is 0 Å². The summed E-state index contributed by atoms with van der Waals surface area (Å²) in [6.45, 7) is 9.24. The number of hydrogen-bond donors (Lipinski definition) is 2. The largest absolute Gasteiger partial charge is 0.511 e. The molecule has 6 heteroatoms. The normalized spacial score (nSPS) is 10.8. The molecular weight excluding hydrogens is 372 g/mol. The fraction of sp³-hybridized carbons (Fsp3) is 0.696. The Morgan fingerprint density at radius 3 is 1.69 bits per heavy atom. The summed E-state index contributed by atoms with van der Waals surface area (Å²) in [5, 5.41) is 20.2. The Bertz CT molecular complexity index is 627. The van der Waals surface area contributed by atoms with Gasteiger partial charge in [0.05, 0.1) is 13.2 Å². The van der Waals surface area contributed by atoms with Gasteiger partial charge in [-0.3, -0.25) is 0 Å². The zero-order chi connectivity index (χ0) is 21.6. The summed E-state index contributed by atoms with van der Waals surface area (Å²) >= 11 is 0. The number of phenols is 1. The first kappa shape index (κ1) is 24.9. The Morgan fingerprint density at radius 1 is 0.724 bits per heavy atom. The van der Waals surface area contributed by atoms with Crippen LogP contribution in [0.1, 0.15) is 90.2 Å². The third-order valence-corrected chi connectivity index (χ3v) is 4.79. The number of carboxylic acid groups (broad SMARTS) is 1. The number of unbranched alkanes of at least 4 members (excludes halogenated alkanes) is 4. The van der Waals surface area contributed by atoms with E-state index in [0.717, 1.165) is 63.4 Å². The minimum Gasteiger partial charge on any atom is -0.504 e. The van der Waals surface area contributed by atoms with Gasteiger partial charge < -0.3 is 24.4 Å². The number of ether oxygens (including phenoxy) is 3. The van der Waals surface area contributed by atoms with Crippen molar-refractivity contribution in [1.29, 1.82) is 0 Å². The summed E-state index contributed by atoms with van der Waals surface area (Å²) in [6.07, 6.45) is 7.27. The van der Waals surface area contributed by atoms with Crippen LogP contribution in [0.25, 0.3) is 0 Å². The average molecular weight is 411 g/mol. The first-order chi connectivity index (χ1) is 14.0. The van der Waals surface area contributed by atoms with E-state index in [9.17, 15) is 15.0 Å². The number of carbonyl (C=O) groups is 1. The lowest BCUT2D eigenvalue weighted by Gasteiger charge is -2.23. The topological polar surface area (TPSA) is 85.2 Å². The lowest BCUT2D eigenvalue weighted by molar-refractivity contribution is 0.139. The van der Waals surface area contributed by atoms with Crippen molar-refractivity contribution in [2.45, 2.75) is 91.9 Å². The summed E-state index contributed by atoms with van der Waals surface area (Å²) in [5.74, 6) is 0.455. The van der Waals surface area contributed by atoms with Crippen molar-refractivity contribution in [2.75, 3.05) is 13.2 Å². The molecule has 0 radical (unpaired) electrons. The maximum atomic E-state index is 11.3. The maximum Gasteiger partial charge on any atom is 0.511 e. The minimum absolute atomic E-state index is 0.138. The van der Waals surface area contributed by atoms with Crippen LogP contribution in [0.4, 0.5) is 4.79 Å². The van der Waals surface area contributed by atoms with Crippen LogP contribution in [0, 0.1) is 0 Å². The van der Waals surface area contributed by atoms with Crippen LogP contribution in [0.2, 0.25) is 0 Å². The van der Waals surface area contributed by atoms with Crippen molar-refractivity contribution < 1.29 is 29.2 Å². The Kier molecular flexibility index (Phi) is 12.0. The molecule has 0 aromatic heterocycles. The van der Waals surface area contributed by atoms with Crippen molar-refractivity contribution in [1.82, 2.24) is 0 Å². The molecule has 0 amide bonds. The molecule has 0 heterocycles. The zero-order valence-corrected chi connectivity index (χ0v) is 18.5. The third kappa shape index (κ3) is 7.67. The fourth-order valence-corrected chi connectivity index (χ4v) is 3.11. The zero-order valence-electron chi connectivity index (χ0n) is 18.5. The van der Waals surface area contributed by atoms with E-state index in [1.54, 1.807) is 0 Å². The fourth-order valence-electron chi connectivity index (χ4n) is 3.11. The molecule has 0 atom stereocenters. The van der Waals surface area contributed by atoms with Crippen LogP contribution in [0.15, 0.2) is 0 Å². The van der Waals surface area contributed by atoms with Gasteiger partial charge in [0.2, 0.25) is 11.5 Å². The van der Waals surface area contributed by atoms with Crippen LogP contribution in [-0.2, 0) is 12.8 Å². The van der Waals surface area contributed by atoms with Gasteiger partial charge in [-0.2, -0.15) is 0 Å². The van der Waals surface area contributed by atoms with Gasteiger partial charge in [-0.25, -0.2) is 4.79 Å². The summed E-state index contributed by atoms with van der Waals surface area (Å²) in [5.41, 5.74) is 1.63. The van der Waals surface area contributed by atoms with Crippen molar-refractivity contribution in [3.63, 3.8) is 0 Å². The summed E-state index contributed by atoms with van der Waals surface area (Å²) < 4.78 is 17.0. The van der Waals surface area contributed by atoms with Gasteiger partial charge in [0.25, 0.3) is 0 Å². The van der Waals surface area contributed by atoms with Gasteiger partial charge in [-0.1, -0.05) is 53.4 Å². The molecule has 0 aliphatic rings. The predicted octanol–water partition coefficient (Wildman–Crippen LogP) is 6.49. The van der Waals surface area contributed by atoms with E-state index in [-0.39, 0.29) is 17.2 Å². The lowest BCUT2D eigenvalue weighted by Crippen LogP contribution is -2.12. The van der Waals surface area contributed by atoms with Crippen LogP contribution >= 0.6 is 0 Å². The highest BCUT2D eigenvalue weighted by molar-refractivity contribution is 5.72. The molecular formula is C23H38O6. The molecule has 166 valence electrons. The monoisotopic (exact) mass is 410 g/mol. The highest BCUT2D eigenvalue weighted by Gasteiger charge is 2.28. The molecule has 1 rings (SSSR count). The molecule has 1 aromatic rings. The molecule has 2 N–H and O–H groups in total. The average Bonchev–Trinajstić information content (AvgIpc) is 2.69. The lowest BCUT2D eigenvalue weighted by atomic mass is 9.94. The van der Waals surface area contributed by atoms with Gasteiger partial charge in [0.15, 0.2) is 11.5 Å². The Balaban J connectivity index is 3.60. The summed E-state index contributed by atoms with van der Waals surface area (Å²) in [7, 11) is 0. The Morgan fingerprint density at radius 2 is 1.21 bits per heavy atom. The number of rotatable bonds is 15. The number of benzene rings is 1. The standard InChI is InChI=1S/C23H38O6/c1-5-9-13-17-18(14-10-6-2)20(27-15-11-7-3)22(28-16-12-8-4)21(19(17)24)29-23(25)26/h24H,5-16H2,1-4H3,(H,25,26). The number of phenolic OH excluding ortho intramolecular Hbond substituents is 1. The number of hydrogen-bond acceptors (Lipinski definition) is 5. The van der Waals surface area contributed by atoms with Crippen molar-refractivity contribution in [2.24, 2.45) is 0 Å². The Labute approximate surface area is 175 Å². The van der Waals surface area contributed by atoms with E-state index >= 15 is 0 Å². The molecule has 6 nitrogen and oxygen atoms in total. The van der Waals surface area contributed by atoms with Gasteiger partial charge in [0.1, 0.15) is 0 Å². The second-order valence-corrected chi connectivity index (χ2v) is 7.27. The quantitative estimate of drug-likeness (QED) is 0.195. The molecule has 0 saturated carbocycles. The smallest absolute Gasteiger partial charge is 0.504 e. The molecule has 0 fully saturated rings. The second-order valence-electron chi connectivity index (χ2n) is 7.27. The van der Waals surface area contributed by atoms with E-state index < -0.39 is 6.16 Å². The SMILES string of the molecule is CCCCOc1c(CCCC)c(CCCC)c(O)c(OC(=O)O)c1OCCCC. The first-order valence-corrected chi connectivity index (χ1v) is 11.1. The molecule has 29 heavy (non-hydrogen) atoms. The highest BCUT2D eigenvalue weighted by Crippen LogP contribution is 2.50. The summed E-state index contributed by atoms with van der Waals surface area (Å²) in [4.78, 5) is 11.3. The molecule has 0 unspecified atom stereocenters. The van der Waals surface area contributed by atoms with Gasteiger partial charge >= 0.3 is 6.16 Å². The molecule has 1 aromatic carbocycles. The van der Waals surface area contributed by atoms with Crippen LogP contribution in [0.3, 0.4) is 0 Å². The first-order valence-electron chi connectivity index (χ1n) is 11.1. The van der Waals surface area contributed by atoms with Crippen molar-refractivity contribution in [3.05, 3.63) is 11.1 Å². The van der Waals surface area contributed by atoms with E-state index in [0.29, 0.717) is 30.9 Å². The van der Waals surface area contributed by atoms with Crippen molar-refractivity contribution >= 4 is 6.16 Å². The van der Waals surface area contributed by atoms with E-state index in [4.69, 9.17) is 14.2 Å². The molecule has 0 aliphatic heterocycles. The van der Waals surface area contributed by atoms with Crippen LogP contribution in [0.5, 0.6) is 23.0 Å². The molecule has 0 bridgehead atoms. The third-order valence-electron chi connectivity index (χ3n) is 4.79. The molecule has 0 spiro atoms. The van der Waals surface area contributed by atoms with Crippen LogP contribution in [-0.4, -0.2) is 29.6 Å². The van der Waals surface area contributed by atoms with E-state index in [1.807, 2.05) is 0 Å². The van der Waals surface area contributed by atoms with Crippen molar-refractivity contribution in [3.8, 4) is 23.0 Å². The molecule has 0 saturated heterocycles. The Hall–Kier alpha value is -2.11.